The number of hydrogen-bond acceptors (Lipinski definition) is 4. The molecule has 1 aliphatic rings. The predicted octanol–water partition coefficient (Wildman–Crippen LogP) is 1.44. The molecule has 2 unspecified atom stereocenters. The molecule has 0 bridgehead atoms. The second-order valence-corrected chi connectivity index (χ2v) is 5.51. The van der Waals surface area contributed by atoms with E-state index in [1.165, 1.54) is 0 Å². The van der Waals surface area contributed by atoms with Gasteiger partial charge in [0.2, 0.25) is 5.91 Å². The van der Waals surface area contributed by atoms with E-state index in [0.717, 1.165) is 25.7 Å². The lowest BCUT2D eigenvalue weighted by atomic mass is 9.86. The van der Waals surface area contributed by atoms with E-state index in [0.29, 0.717) is 19.8 Å². The van der Waals surface area contributed by atoms with Gasteiger partial charge in [-0.05, 0) is 32.1 Å². The number of carbonyl (C=O) groups excluding carboxylic acids is 1. The number of nitrogens with one attached hydrogen (secondary N) is 1. The summed E-state index contributed by atoms with van der Waals surface area (Å²) < 4.78 is 10.7. The lowest BCUT2D eigenvalue weighted by molar-refractivity contribution is -0.145. The average Bonchev–Trinajstić information content (AvgIpc) is 2.48. The number of carboxylic acid groups (broad SMARTS) is 1. The normalized spacial score (nSPS) is 19.0. The smallest absolute Gasteiger partial charge is 0.308 e. The lowest BCUT2D eigenvalue weighted by Gasteiger charge is -2.28. The molecule has 6 heteroatoms. The van der Waals surface area contributed by atoms with Crippen molar-refractivity contribution in [1.29, 1.82) is 0 Å². The van der Waals surface area contributed by atoms with Crippen molar-refractivity contribution in [1.82, 2.24) is 5.32 Å². The molecule has 0 saturated carbocycles. The van der Waals surface area contributed by atoms with Crippen LogP contribution < -0.4 is 5.32 Å². The third kappa shape index (κ3) is 6.44. The van der Waals surface area contributed by atoms with Gasteiger partial charge in [-0.15, -0.1) is 0 Å². The van der Waals surface area contributed by atoms with E-state index in [1.54, 1.807) is 6.92 Å². The van der Waals surface area contributed by atoms with Crippen LogP contribution in [0.2, 0.25) is 0 Å². The zero-order chi connectivity index (χ0) is 15.7. The fourth-order valence-corrected chi connectivity index (χ4v) is 2.41. The zero-order valence-electron chi connectivity index (χ0n) is 13.0. The predicted molar refractivity (Wildman–Crippen MR) is 78.0 cm³/mol. The molecular weight excluding hydrogens is 274 g/mol. The largest absolute Gasteiger partial charge is 0.481 e. The van der Waals surface area contributed by atoms with Gasteiger partial charge in [-0.25, -0.2) is 0 Å². The van der Waals surface area contributed by atoms with E-state index in [2.05, 4.69) is 12.2 Å². The molecule has 0 spiro atoms. The molecule has 1 heterocycles. The average molecular weight is 301 g/mol. The molecule has 1 fully saturated rings. The van der Waals surface area contributed by atoms with Crippen LogP contribution in [0, 0.1) is 11.8 Å². The summed E-state index contributed by atoms with van der Waals surface area (Å²) in [6.45, 7) is 5.64. The summed E-state index contributed by atoms with van der Waals surface area (Å²) in [6, 6.07) is 0. The molecule has 0 radical (unpaired) electrons. The molecule has 0 aromatic heterocycles. The van der Waals surface area contributed by atoms with Crippen molar-refractivity contribution in [3.63, 3.8) is 0 Å². The van der Waals surface area contributed by atoms with Crippen molar-refractivity contribution in [2.45, 2.75) is 45.6 Å². The first-order chi connectivity index (χ1) is 10.1. The maximum atomic E-state index is 11.9. The highest BCUT2D eigenvalue weighted by atomic mass is 16.5. The Hall–Kier alpha value is -1.14. The molecule has 2 N–H and O–H groups in total. The van der Waals surface area contributed by atoms with Gasteiger partial charge in [0.25, 0.3) is 0 Å². The Labute approximate surface area is 126 Å². The number of rotatable bonds is 9. The van der Waals surface area contributed by atoms with E-state index < -0.39 is 18.0 Å². The van der Waals surface area contributed by atoms with Gasteiger partial charge in [-0.3, -0.25) is 9.59 Å². The monoisotopic (exact) mass is 301 g/mol. The van der Waals surface area contributed by atoms with Gasteiger partial charge >= 0.3 is 5.97 Å². The summed E-state index contributed by atoms with van der Waals surface area (Å²) in [5.41, 5.74) is 0. The second kappa shape index (κ2) is 9.73. The highest BCUT2D eigenvalue weighted by molar-refractivity contribution is 5.81. The summed E-state index contributed by atoms with van der Waals surface area (Å²) in [6.07, 6.45) is 2.85. The van der Waals surface area contributed by atoms with Crippen molar-refractivity contribution in [3.05, 3.63) is 0 Å². The molecule has 1 aliphatic heterocycles. The molecule has 21 heavy (non-hydrogen) atoms. The molecule has 1 amide bonds. The van der Waals surface area contributed by atoms with Crippen LogP contribution in [0.1, 0.15) is 39.5 Å². The van der Waals surface area contributed by atoms with Crippen molar-refractivity contribution < 1.29 is 24.2 Å². The highest BCUT2D eigenvalue weighted by Crippen LogP contribution is 2.23. The standard InChI is InChI=1S/C15H27NO5/c1-3-4-7-21-11(2)14(17)16-10-13(15(18)19)12-5-8-20-9-6-12/h11-13H,3-10H2,1-2H3,(H,16,17)(H,18,19). The van der Waals surface area contributed by atoms with Gasteiger partial charge in [-0.1, -0.05) is 13.3 Å². The molecule has 6 nitrogen and oxygen atoms in total. The summed E-state index contributed by atoms with van der Waals surface area (Å²) in [5.74, 6) is -1.60. The van der Waals surface area contributed by atoms with E-state index in [-0.39, 0.29) is 18.4 Å². The third-order valence-electron chi connectivity index (χ3n) is 3.88. The Bertz CT molecular complexity index is 328. The van der Waals surface area contributed by atoms with Gasteiger partial charge in [0.05, 0.1) is 5.92 Å². The number of amides is 1. The van der Waals surface area contributed by atoms with Gasteiger partial charge in [0.15, 0.2) is 0 Å². The first-order valence-electron chi connectivity index (χ1n) is 7.76. The Morgan fingerprint density at radius 2 is 2.05 bits per heavy atom. The van der Waals surface area contributed by atoms with Crippen LogP contribution in [0.15, 0.2) is 0 Å². The third-order valence-corrected chi connectivity index (χ3v) is 3.88. The van der Waals surface area contributed by atoms with Crippen LogP contribution in [-0.4, -0.2) is 49.5 Å². The second-order valence-electron chi connectivity index (χ2n) is 5.51. The van der Waals surface area contributed by atoms with Crippen LogP contribution in [0.25, 0.3) is 0 Å². The number of aliphatic carboxylic acids is 1. The molecule has 1 rings (SSSR count). The first kappa shape index (κ1) is 17.9. The topological polar surface area (TPSA) is 84.9 Å². The Kier molecular flexibility index (Phi) is 8.30. The zero-order valence-corrected chi connectivity index (χ0v) is 13.0. The molecule has 0 aromatic rings. The van der Waals surface area contributed by atoms with Crippen LogP contribution >= 0.6 is 0 Å². The minimum atomic E-state index is -0.859. The van der Waals surface area contributed by atoms with E-state index in [1.807, 2.05) is 0 Å². The summed E-state index contributed by atoms with van der Waals surface area (Å²) in [7, 11) is 0. The Morgan fingerprint density at radius 3 is 2.62 bits per heavy atom. The minimum Gasteiger partial charge on any atom is -0.481 e. The van der Waals surface area contributed by atoms with Gasteiger partial charge < -0.3 is 19.9 Å². The fraction of sp³-hybridized carbons (Fsp3) is 0.867. The van der Waals surface area contributed by atoms with E-state index in [9.17, 15) is 14.7 Å². The first-order valence-corrected chi connectivity index (χ1v) is 7.76. The highest BCUT2D eigenvalue weighted by Gasteiger charge is 2.30. The molecule has 1 saturated heterocycles. The van der Waals surface area contributed by atoms with Crippen molar-refractivity contribution in [2.75, 3.05) is 26.4 Å². The Morgan fingerprint density at radius 1 is 1.38 bits per heavy atom. The number of hydrogen-bond donors (Lipinski definition) is 2. The molecular formula is C15H27NO5. The van der Waals surface area contributed by atoms with E-state index in [4.69, 9.17) is 9.47 Å². The lowest BCUT2D eigenvalue weighted by Crippen LogP contribution is -2.42. The maximum Gasteiger partial charge on any atom is 0.308 e. The Balaban J connectivity index is 2.38. The van der Waals surface area contributed by atoms with Gasteiger partial charge in [0, 0.05) is 26.4 Å². The fourth-order valence-electron chi connectivity index (χ4n) is 2.41. The van der Waals surface area contributed by atoms with Crippen LogP contribution in [-0.2, 0) is 19.1 Å². The number of carbonyl (C=O) groups is 2. The molecule has 122 valence electrons. The van der Waals surface area contributed by atoms with Crippen molar-refractivity contribution in [2.24, 2.45) is 11.8 Å². The quantitative estimate of drug-likeness (QED) is 0.629. The van der Waals surface area contributed by atoms with Crippen LogP contribution in [0.5, 0.6) is 0 Å². The molecule has 0 aliphatic carbocycles. The molecule has 2 atom stereocenters. The van der Waals surface area contributed by atoms with Gasteiger partial charge in [0.1, 0.15) is 6.10 Å². The molecule has 0 aromatic carbocycles. The number of carboxylic acids is 1. The van der Waals surface area contributed by atoms with Crippen molar-refractivity contribution in [3.8, 4) is 0 Å². The summed E-state index contributed by atoms with van der Waals surface area (Å²) >= 11 is 0. The minimum absolute atomic E-state index is 0.0628. The number of unbranched alkanes of at least 4 members (excludes halogenated alkanes) is 1. The van der Waals surface area contributed by atoms with Crippen LogP contribution in [0.3, 0.4) is 0 Å². The SMILES string of the molecule is CCCCOC(C)C(=O)NCC(C(=O)O)C1CCOCC1. The summed E-state index contributed by atoms with van der Waals surface area (Å²) in [5, 5.41) is 12.0. The van der Waals surface area contributed by atoms with Crippen molar-refractivity contribution >= 4 is 11.9 Å². The van der Waals surface area contributed by atoms with Crippen LogP contribution in [0.4, 0.5) is 0 Å². The summed E-state index contributed by atoms with van der Waals surface area (Å²) in [4.78, 5) is 23.3. The van der Waals surface area contributed by atoms with E-state index >= 15 is 0 Å². The van der Waals surface area contributed by atoms with Gasteiger partial charge in [-0.2, -0.15) is 0 Å². The number of ether oxygens (including phenoxy) is 2. The maximum absolute atomic E-state index is 11.9.